The number of aliphatic imine (C=N–C) groups is 1. The lowest BCUT2D eigenvalue weighted by atomic mass is 10.1. The fourth-order valence-corrected chi connectivity index (χ4v) is 4.24. The van der Waals surface area contributed by atoms with Gasteiger partial charge in [0.2, 0.25) is 5.17 Å². The van der Waals surface area contributed by atoms with Crippen LogP contribution in [0.4, 0.5) is 5.69 Å². The van der Waals surface area contributed by atoms with Crippen LogP contribution in [0.3, 0.4) is 0 Å². The number of hydrogen-bond donors (Lipinski definition) is 1. The number of amidine groups is 2. The molecule has 0 unspecified atom stereocenters. The Morgan fingerprint density at radius 2 is 2.10 bits per heavy atom. The molecule has 0 fully saturated rings. The molecule has 31 heavy (non-hydrogen) atoms. The highest BCUT2D eigenvalue weighted by molar-refractivity contribution is 8.26. The van der Waals surface area contributed by atoms with Gasteiger partial charge in [-0.05, 0) is 48.9 Å². The van der Waals surface area contributed by atoms with Crippen LogP contribution in [0.15, 0.2) is 58.3 Å². The zero-order chi connectivity index (χ0) is 22.0. The highest BCUT2D eigenvalue weighted by atomic mass is 32.2. The van der Waals surface area contributed by atoms with E-state index < -0.39 is 10.8 Å². The molecule has 0 bridgehead atoms. The number of nitro benzene ring substituents is 1. The molecule has 10 heteroatoms. The van der Waals surface area contributed by atoms with Crippen molar-refractivity contribution < 1.29 is 9.72 Å². The number of thioether (sulfide) groups is 1. The third-order valence-electron chi connectivity index (χ3n) is 4.88. The second kappa shape index (κ2) is 8.68. The first-order valence-corrected chi connectivity index (χ1v) is 10.7. The monoisotopic (exact) mass is 436 g/mol. The average Bonchev–Trinajstić information content (AvgIpc) is 3.38. The number of nitrogens with one attached hydrogen (secondary N) is 1. The van der Waals surface area contributed by atoms with Gasteiger partial charge in [0.25, 0.3) is 11.6 Å². The molecule has 3 heterocycles. The minimum Gasteiger partial charge on any atom is -0.317 e. The van der Waals surface area contributed by atoms with E-state index in [4.69, 9.17) is 5.41 Å². The maximum Gasteiger partial charge on any atom is 0.283 e. The summed E-state index contributed by atoms with van der Waals surface area (Å²) in [6.07, 6.45) is 7.32. The molecule has 0 radical (unpaired) electrons. The Morgan fingerprint density at radius 1 is 1.26 bits per heavy atom. The van der Waals surface area contributed by atoms with Crippen LogP contribution in [-0.4, -0.2) is 36.5 Å². The zero-order valence-corrected chi connectivity index (χ0v) is 17.6. The molecular formula is C21H20N6O3S. The summed E-state index contributed by atoms with van der Waals surface area (Å²) < 4.78 is 1.72. The maximum absolute atomic E-state index is 12.6. The van der Waals surface area contributed by atoms with Gasteiger partial charge in [-0.25, -0.2) is 0 Å². The van der Waals surface area contributed by atoms with Gasteiger partial charge in [-0.1, -0.05) is 25.8 Å². The number of non-ortho nitro benzene ring substituents is 1. The summed E-state index contributed by atoms with van der Waals surface area (Å²) in [5.74, 6) is -0.527. The molecule has 1 aromatic heterocycles. The van der Waals surface area contributed by atoms with Crippen molar-refractivity contribution in [1.82, 2.24) is 9.58 Å². The van der Waals surface area contributed by atoms with E-state index in [-0.39, 0.29) is 17.1 Å². The van der Waals surface area contributed by atoms with Crippen molar-refractivity contribution in [3.8, 4) is 5.69 Å². The summed E-state index contributed by atoms with van der Waals surface area (Å²) in [4.78, 5) is 27.4. The van der Waals surface area contributed by atoms with Gasteiger partial charge in [-0.2, -0.15) is 15.1 Å². The summed E-state index contributed by atoms with van der Waals surface area (Å²) in [6, 6.07) is 9.75. The number of rotatable bonds is 7. The van der Waals surface area contributed by atoms with Crippen molar-refractivity contribution in [2.75, 3.05) is 0 Å². The van der Waals surface area contributed by atoms with Gasteiger partial charge in [-0.3, -0.25) is 20.3 Å². The van der Waals surface area contributed by atoms with E-state index >= 15 is 0 Å². The first kappa shape index (κ1) is 20.7. The molecule has 0 saturated heterocycles. The normalized spacial score (nSPS) is 17.1. The molecule has 1 aromatic carbocycles. The van der Waals surface area contributed by atoms with Gasteiger partial charge in [0.05, 0.1) is 16.2 Å². The predicted octanol–water partition coefficient (Wildman–Crippen LogP) is 4.58. The number of fused-ring (bicyclic) bond motifs is 1. The molecule has 0 spiro atoms. The van der Waals surface area contributed by atoms with Gasteiger partial charge in [-0.15, -0.1) is 0 Å². The SMILES string of the molecule is CCCCCC1=NN2C(=N)/C(=C/c3cccn3-c3cccc([N+](=O)[O-])c3)C(=O)N=C2S1. The Labute approximate surface area is 182 Å². The number of nitrogens with zero attached hydrogens (tertiary/aromatic N) is 5. The summed E-state index contributed by atoms with van der Waals surface area (Å²) in [5.41, 5.74) is 1.28. The van der Waals surface area contributed by atoms with Crippen LogP contribution < -0.4 is 0 Å². The molecule has 0 atom stereocenters. The van der Waals surface area contributed by atoms with Gasteiger partial charge >= 0.3 is 0 Å². The predicted molar refractivity (Wildman–Crippen MR) is 122 cm³/mol. The third-order valence-corrected chi connectivity index (χ3v) is 5.85. The minimum atomic E-state index is -0.499. The van der Waals surface area contributed by atoms with Crippen LogP contribution in [0.1, 0.15) is 38.3 Å². The number of carbonyl (C=O) groups is 1. The zero-order valence-electron chi connectivity index (χ0n) is 16.8. The lowest BCUT2D eigenvalue weighted by Gasteiger charge is -2.20. The van der Waals surface area contributed by atoms with Crippen LogP contribution in [0.2, 0.25) is 0 Å². The number of unbranched alkanes of at least 4 members (excludes halogenated alkanes) is 2. The van der Waals surface area contributed by atoms with Gasteiger partial charge in [0, 0.05) is 24.0 Å². The fraction of sp³-hybridized carbons (Fsp3) is 0.238. The van der Waals surface area contributed by atoms with Crippen molar-refractivity contribution >= 4 is 45.5 Å². The highest BCUT2D eigenvalue weighted by Gasteiger charge is 2.35. The molecule has 4 rings (SSSR count). The van der Waals surface area contributed by atoms with Crippen LogP contribution in [0, 0.1) is 15.5 Å². The van der Waals surface area contributed by atoms with E-state index in [0.29, 0.717) is 16.5 Å². The smallest absolute Gasteiger partial charge is 0.283 e. The standard InChI is InChI=1S/C21H20N6O3S/c1-2-3-4-10-18-24-26-19(22)17(20(28)23-21(26)31-18)13-15-9-6-11-25(15)14-7-5-8-16(12-14)27(29)30/h5-9,11-13,22H,2-4,10H2,1H3/b17-13-,22-19?. The molecule has 9 nitrogen and oxygen atoms in total. The fourth-order valence-electron chi connectivity index (χ4n) is 3.31. The van der Waals surface area contributed by atoms with E-state index in [1.807, 2.05) is 0 Å². The Kier molecular flexibility index (Phi) is 5.81. The van der Waals surface area contributed by atoms with E-state index in [0.717, 1.165) is 30.7 Å². The highest BCUT2D eigenvalue weighted by Crippen LogP contribution is 2.30. The molecule has 2 aliphatic rings. The number of hydrogen-bond acceptors (Lipinski definition) is 6. The molecule has 2 aliphatic heterocycles. The van der Waals surface area contributed by atoms with Crippen molar-refractivity contribution in [2.24, 2.45) is 10.1 Å². The van der Waals surface area contributed by atoms with Gasteiger partial charge < -0.3 is 4.57 Å². The third kappa shape index (κ3) is 4.19. The second-order valence-electron chi connectivity index (χ2n) is 7.05. The average molecular weight is 436 g/mol. The van der Waals surface area contributed by atoms with Crippen LogP contribution >= 0.6 is 11.8 Å². The summed E-state index contributed by atoms with van der Waals surface area (Å²) in [5, 5.41) is 26.8. The van der Waals surface area contributed by atoms with E-state index in [1.165, 1.54) is 28.9 Å². The minimum absolute atomic E-state index is 0.0280. The van der Waals surface area contributed by atoms with Crippen molar-refractivity contribution in [3.63, 3.8) is 0 Å². The first-order valence-electron chi connectivity index (χ1n) is 9.89. The number of nitro groups is 1. The van der Waals surface area contributed by atoms with Gasteiger partial charge in [0.15, 0.2) is 5.84 Å². The number of hydrazone groups is 1. The number of aromatic nitrogens is 1. The van der Waals surface area contributed by atoms with Crippen molar-refractivity contribution in [1.29, 1.82) is 5.41 Å². The Morgan fingerprint density at radius 3 is 2.87 bits per heavy atom. The van der Waals surface area contributed by atoms with Crippen LogP contribution in [0.5, 0.6) is 0 Å². The quantitative estimate of drug-likeness (QED) is 0.295. The van der Waals surface area contributed by atoms with Crippen molar-refractivity contribution in [3.05, 3.63) is 64.0 Å². The lowest BCUT2D eigenvalue weighted by Crippen LogP contribution is -2.35. The van der Waals surface area contributed by atoms with Crippen LogP contribution in [-0.2, 0) is 4.79 Å². The topological polar surface area (TPSA) is 117 Å². The number of benzene rings is 1. The van der Waals surface area contributed by atoms with E-state index in [2.05, 4.69) is 17.0 Å². The summed E-state index contributed by atoms with van der Waals surface area (Å²) in [7, 11) is 0. The Hall–Kier alpha value is -3.53. The van der Waals surface area contributed by atoms with E-state index in [9.17, 15) is 14.9 Å². The molecule has 158 valence electrons. The molecule has 1 amide bonds. The van der Waals surface area contributed by atoms with E-state index in [1.54, 1.807) is 41.1 Å². The molecule has 2 aromatic rings. The molecule has 0 aliphatic carbocycles. The first-order chi connectivity index (χ1) is 15.0. The molecule has 0 saturated carbocycles. The van der Waals surface area contributed by atoms with Crippen molar-refractivity contribution in [2.45, 2.75) is 32.6 Å². The summed E-state index contributed by atoms with van der Waals surface area (Å²) >= 11 is 1.33. The largest absolute Gasteiger partial charge is 0.317 e. The maximum atomic E-state index is 12.6. The second-order valence-corrected chi connectivity index (χ2v) is 8.09. The number of carbonyl (C=O) groups excluding carboxylic acids is 1. The Bertz CT molecular complexity index is 1160. The van der Waals surface area contributed by atoms with Crippen LogP contribution in [0.25, 0.3) is 11.8 Å². The molecular weight excluding hydrogens is 416 g/mol. The summed E-state index contributed by atoms with van der Waals surface area (Å²) in [6.45, 7) is 2.13. The van der Waals surface area contributed by atoms with Gasteiger partial charge in [0.1, 0.15) is 5.04 Å². The number of amides is 1. The Balaban J connectivity index is 1.63. The lowest BCUT2D eigenvalue weighted by molar-refractivity contribution is -0.384. The molecule has 1 N–H and O–H groups in total.